The molecule has 1 aromatic carbocycles. The van der Waals surface area contributed by atoms with Crippen LogP contribution in [0.2, 0.25) is 0 Å². The molecule has 7 nitrogen and oxygen atoms in total. The van der Waals surface area contributed by atoms with E-state index in [0.29, 0.717) is 35.9 Å². The molecule has 134 valence electrons. The summed E-state index contributed by atoms with van der Waals surface area (Å²) in [6, 6.07) is 8.13. The van der Waals surface area contributed by atoms with Crippen molar-refractivity contribution in [2.45, 2.75) is 13.5 Å². The van der Waals surface area contributed by atoms with Crippen molar-refractivity contribution in [1.29, 1.82) is 0 Å². The van der Waals surface area contributed by atoms with Gasteiger partial charge >= 0.3 is 0 Å². The maximum absolute atomic E-state index is 12.3. The smallest absolute Gasteiger partial charge is 0.254 e. The fourth-order valence-corrected chi connectivity index (χ4v) is 2.46. The van der Waals surface area contributed by atoms with Gasteiger partial charge < -0.3 is 24.1 Å². The van der Waals surface area contributed by atoms with Gasteiger partial charge in [0.1, 0.15) is 5.75 Å². The molecule has 2 rings (SSSR count). The molecule has 0 bridgehead atoms. The Balaban J connectivity index is 2.03. The fraction of sp³-hybridized carbons (Fsp3) is 0.333. The zero-order valence-electron chi connectivity index (χ0n) is 14.8. The first-order chi connectivity index (χ1) is 12.0. The molecule has 0 saturated carbocycles. The molecule has 0 saturated heterocycles. The lowest BCUT2D eigenvalue weighted by Gasteiger charge is -2.13. The van der Waals surface area contributed by atoms with Gasteiger partial charge in [-0.15, -0.1) is 0 Å². The van der Waals surface area contributed by atoms with Crippen LogP contribution in [0.3, 0.4) is 0 Å². The highest BCUT2D eigenvalue weighted by Gasteiger charge is 2.11. The second-order valence-electron chi connectivity index (χ2n) is 5.35. The number of methoxy groups -OCH3 is 3. The summed E-state index contributed by atoms with van der Waals surface area (Å²) >= 11 is 0. The van der Waals surface area contributed by atoms with E-state index in [2.05, 4.69) is 5.32 Å². The number of benzene rings is 1. The predicted molar refractivity (Wildman–Crippen MR) is 93.9 cm³/mol. The van der Waals surface area contributed by atoms with Crippen LogP contribution in [0.5, 0.6) is 17.2 Å². The van der Waals surface area contributed by atoms with E-state index in [1.165, 1.54) is 27.4 Å². The zero-order chi connectivity index (χ0) is 18.4. The summed E-state index contributed by atoms with van der Waals surface area (Å²) in [4.78, 5) is 24.3. The number of carbonyl (C=O) groups excluding carboxylic acids is 1. The normalized spacial score (nSPS) is 10.2. The third-order valence-electron chi connectivity index (χ3n) is 3.81. The molecule has 1 amide bonds. The monoisotopic (exact) mass is 346 g/mol. The van der Waals surface area contributed by atoms with E-state index in [1.807, 2.05) is 6.92 Å². The Morgan fingerprint density at radius 2 is 1.76 bits per heavy atom. The van der Waals surface area contributed by atoms with Gasteiger partial charge in [0, 0.05) is 30.4 Å². The minimum absolute atomic E-state index is 0.169. The molecule has 0 radical (unpaired) electrons. The fourth-order valence-electron chi connectivity index (χ4n) is 2.46. The van der Waals surface area contributed by atoms with Crippen molar-refractivity contribution in [1.82, 2.24) is 9.88 Å². The summed E-state index contributed by atoms with van der Waals surface area (Å²) in [5, 5.41) is 2.79. The van der Waals surface area contributed by atoms with Gasteiger partial charge in [0.2, 0.25) is 0 Å². The molecule has 0 aliphatic heterocycles. The van der Waals surface area contributed by atoms with Gasteiger partial charge in [0.15, 0.2) is 11.5 Å². The van der Waals surface area contributed by atoms with Crippen LogP contribution in [0, 0.1) is 6.92 Å². The minimum Gasteiger partial charge on any atom is -0.496 e. The van der Waals surface area contributed by atoms with E-state index < -0.39 is 0 Å². The largest absolute Gasteiger partial charge is 0.496 e. The molecule has 1 aromatic heterocycles. The lowest BCUT2D eigenvalue weighted by molar-refractivity contribution is 0.0951. The Bertz CT molecular complexity index is 814. The molecule has 25 heavy (non-hydrogen) atoms. The molecule has 0 unspecified atom stereocenters. The molecule has 0 atom stereocenters. The second-order valence-corrected chi connectivity index (χ2v) is 5.35. The Hall–Kier alpha value is -2.96. The van der Waals surface area contributed by atoms with E-state index in [-0.39, 0.29) is 11.5 Å². The van der Waals surface area contributed by atoms with Gasteiger partial charge in [-0.1, -0.05) is 0 Å². The second kappa shape index (κ2) is 8.23. The van der Waals surface area contributed by atoms with Crippen molar-refractivity contribution in [2.24, 2.45) is 0 Å². The number of hydrogen-bond acceptors (Lipinski definition) is 5. The Labute approximate surface area is 146 Å². The summed E-state index contributed by atoms with van der Waals surface area (Å²) in [5.41, 5.74) is 1.05. The van der Waals surface area contributed by atoms with Crippen molar-refractivity contribution in [2.75, 3.05) is 27.9 Å². The maximum atomic E-state index is 12.3. The number of ether oxygens (including phenoxy) is 3. The van der Waals surface area contributed by atoms with E-state index in [1.54, 1.807) is 28.8 Å². The highest BCUT2D eigenvalue weighted by molar-refractivity contribution is 5.94. The van der Waals surface area contributed by atoms with E-state index in [4.69, 9.17) is 14.2 Å². The first-order valence-corrected chi connectivity index (χ1v) is 7.76. The van der Waals surface area contributed by atoms with Crippen LogP contribution in [0.1, 0.15) is 16.1 Å². The standard InChI is InChI=1S/C18H22N2O5/c1-12-9-14(23-2)11-17(21)20(12)8-7-19-18(22)13-5-6-15(24-3)16(10-13)25-4/h5-6,9-11H,7-8H2,1-4H3,(H,19,22). The molecule has 0 aliphatic rings. The van der Waals surface area contributed by atoms with E-state index in [0.717, 1.165) is 5.69 Å². The summed E-state index contributed by atoms with van der Waals surface area (Å²) in [6.45, 7) is 2.51. The Kier molecular flexibility index (Phi) is 6.05. The number of pyridine rings is 1. The lowest BCUT2D eigenvalue weighted by Crippen LogP contribution is -2.31. The number of nitrogens with zero attached hydrogens (tertiary/aromatic N) is 1. The molecule has 1 N–H and O–H groups in total. The first-order valence-electron chi connectivity index (χ1n) is 7.76. The Morgan fingerprint density at radius 3 is 2.36 bits per heavy atom. The number of amides is 1. The molecule has 0 spiro atoms. The lowest BCUT2D eigenvalue weighted by atomic mass is 10.2. The van der Waals surface area contributed by atoms with E-state index >= 15 is 0 Å². The summed E-state index contributed by atoms with van der Waals surface area (Å²) in [6.07, 6.45) is 0. The molecule has 0 aliphatic carbocycles. The average molecular weight is 346 g/mol. The molecule has 7 heteroatoms. The van der Waals surface area contributed by atoms with Crippen LogP contribution >= 0.6 is 0 Å². The number of carbonyl (C=O) groups is 1. The summed E-state index contributed by atoms with van der Waals surface area (Å²) < 4.78 is 17.0. The highest BCUT2D eigenvalue weighted by Crippen LogP contribution is 2.27. The van der Waals surface area contributed by atoms with Crippen LogP contribution in [-0.2, 0) is 6.54 Å². The first kappa shape index (κ1) is 18.4. The van der Waals surface area contributed by atoms with E-state index in [9.17, 15) is 9.59 Å². The van der Waals surface area contributed by atoms with Gasteiger partial charge in [0.25, 0.3) is 11.5 Å². The molecule has 0 fully saturated rings. The van der Waals surface area contributed by atoms with Crippen LogP contribution in [-0.4, -0.2) is 38.3 Å². The van der Waals surface area contributed by atoms with Crippen molar-refractivity contribution in [3.8, 4) is 17.2 Å². The minimum atomic E-state index is -0.250. The van der Waals surface area contributed by atoms with Crippen LogP contribution in [0.4, 0.5) is 0 Å². The number of rotatable bonds is 7. The van der Waals surface area contributed by atoms with Crippen molar-refractivity contribution in [3.05, 3.63) is 51.9 Å². The average Bonchev–Trinajstić information content (AvgIpc) is 2.62. The predicted octanol–water partition coefficient (Wildman–Crippen LogP) is 1.61. The van der Waals surface area contributed by atoms with Gasteiger partial charge in [0.05, 0.1) is 21.3 Å². The summed E-state index contributed by atoms with van der Waals surface area (Å²) in [7, 11) is 4.56. The number of aryl methyl sites for hydroxylation is 1. The highest BCUT2D eigenvalue weighted by atomic mass is 16.5. The van der Waals surface area contributed by atoms with Crippen molar-refractivity contribution >= 4 is 5.91 Å². The molecular formula is C18H22N2O5. The number of aromatic nitrogens is 1. The van der Waals surface area contributed by atoms with Crippen LogP contribution in [0.25, 0.3) is 0 Å². The molecule has 1 heterocycles. The topological polar surface area (TPSA) is 78.8 Å². The van der Waals surface area contributed by atoms with Crippen LogP contribution in [0.15, 0.2) is 35.1 Å². The SMILES string of the molecule is COc1cc(C)n(CCNC(=O)c2ccc(OC)c(OC)c2)c(=O)c1. The quantitative estimate of drug-likeness (QED) is 0.824. The van der Waals surface area contributed by atoms with Crippen molar-refractivity contribution in [3.63, 3.8) is 0 Å². The van der Waals surface area contributed by atoms with Gasteiger partial charge in [-0.3, -0.25) is 9.59 Å². The number of nitrogens with one attached hydrogen (secondary N) is 1. The third kappa shape index (κ3) is 4.32. The van der Waals surface area contributed by atoms with Gasteiger partial charge in [-0.2, -0.15) is 0 Å². The van der Waals surface area contributed by atoms with Gasteiger partial charge in [-0.25, -0.2) is 0 Å². The molecular weight excluding hydrogens is 324 g/mol. The Morgan fingerprint density at radius 1 is 1.04 bits per heavy atom. The van der Waals surface area contributed by atoms with Gasteiger partial charge in [-0.05, 0) is 31.2 Å². The van der Waals surface area contributed by atoms with Crippen molar-refractivity contribution < 1.29 is 19.0 Å². The third-order valence-corrected chi connectivity index (χ3v) is 3.81. The van der Waals surface area contributed by atoms with Crippen LogP contribution < -0.4 is 25.1 Å². The number of hydrogen-bond donors (Lipinski definition) is 1. The molecule has 2 aromatic rings. The zero-order valence-corrected chi connectivity index (χ0v) is 14.8. The maximum Gasteiger partial charge on any atom is 0.254 e. The summed E-state index contributed by atoms with van der Waals surface area (Å²) in [5.74, 6) is 1.31.